The van der Waals surface area contributed by atoms with Crippen molar-refractivity contribution in [1.82, 2.24) is 10.3 Å². The predicted molar refractivity (Wildman–Crippen MR) is 86.3 cm³/mol. The number of methoxy groups -OCH3 is 1. The van der Waals surface area contributed by atoms with Crippen LogP contribution >= 0.6 is 15.9 Å². The van der Waals surface area contributed by atoms with E-state index in [1.807, 2.05) is 18.2 Å². The number of nitrogens with one attached hydrogen (secondary N) is 1. The summed E-state index contributed by atoms with van der Waals surface area (Å²) in [6, 6.07) is 10.1. The molecule has 4 nitrogen and oxygen atoms in total. The van der Waals surface area contributed by atoms with Gasteiger partial charge in [0, 0.05) is 42.6 Å². The number of halogens is 1. The van der Waals surface area contributed by atoms with Crippen molar-refractivity contribution in [3.63, 3.8) is 0 Å². The minimum atomic E-state index is 0.512. The van der Waals surface area contributed by atoms with Gasteiger partial charge < -0.3 is 14.8 Å². The number of nitrogens with zero attached hydrogens (tertiary/aromatic N) is 1. The van der Waals surface area contributed by atoms with Crippen molar-refractivity contribution in [3.05, 3.63) is 58.3 Å². The molecule has 0 radical (unpaired) electrons. The first-order chi connectivity index (χ1) is 10.3. The van der Waals surface area contributed by atoms with Gasteiger partial charge in [0.2, 0.25) is 0 Å². The summed E-state index contributed by atoms with van der Waals surface area (Å²) in [4.78, 5) is 4.11. The lowest BCUT2D eigenvalue weighted by molar-refractivity contribution is 0.199. The maximum absolute atomic E-state index is 5.74. The SMILES string of the molecule is COCCNCc1ccc(OCc2cncc(Br)c2)cc1. The average Bonchev–Trinajstić information content (AvgIpc) is 2.51. The highest BCUT2D eigenvalue weighted by atomic mass is 79.9. The second-order valence-corrected chi connectivity index (χ2v) is 5.53. The second-order valence-electron chi connectivity index (χ2n) is 4.61. The summed E-state index contributed by atoms with van der Waals surface area (Å²) in [6.45, 7) is 2.92. The Morgan fingerprint density at radius 2 is 1.95 bits per heavy atom. The van der Waals surface area contributed by atoms with Crippen LogP contribution in [-0.4, -0.2) is 25.2 Å². The van der Waals surface area contributed by atoms with Crippen LogP contribution in [0.5, 0.6) is 5.75 Å². The second kappa shape index (κ2) is 8.77. The molecule has 0 aliphatic heterocycles. The van der Waals surface area contributed by atoms with Gasteiger partial charge in [0.15, 0.2) is 0 Å². The fourth-order valence-corrected chi connectivity index (χ4v) is 2.22. The third-order valence-corrected chi connectivity index (χ3v) is 3.34. The number of hydrogen-bond donors (Lipinski definition) is 1. The molecule has 0 aliphatic carbocycles. The number of pyridine rings is 1. The van der Waals surface area contributed by atoms with Gasteiger partial charge >= 0.3 is 0 Å². The summed E-state index contributed by atoms with van der Waals surface area (Å²) in [5.41, 5.74) is 2.26. The lowest BCUT2D eigenvalue weighted by Crippen LogP contribution is -2.18. The summed E-state index contributed by atoms with van der Waals surface area (Å²) in [7, 11) is 1.70. The van der Waals surface area contributed by atoms with Gasteiger partial charge in [0.25, 0.3) is 0 Å². The van der Waals surface area contributed by atoms with Crippen molar-refractivity contribution in [2.24, 2.45) is 0 Å². The smallest absolute Gasteiger partial charge is 0.119 e. The minimum Gasteiger partial charge on any atom is -0.489 e. The molecule has 2 aromatic rings. The highest BCUT2D eigenvalue weighted by Crippen LogP contribution is 2.15. The number of benzene rings is 1. The molecular weight excluding hydrogens is 332 g/mol. The van der Waals surface area contributed by atoms with E-state index in [0.29, 0.717) is 6.61 Å². The lowest BCUT2D eigenvalue weighted by Gasteiger charge is -2.08. The van der Waals surface area contributed by atoms with Crippen molar-refractivity contribution in [2.75, 3.05) is 20.3 Å². The van der Waals surface area contributed by atoms with E-state index in [1.54, 1.807) is 19.5 Å². The molecule has 1 aromatic heterocycles. The van der Waals surface area contributed by atoms with E-state index >= 15 is 0 Å². The van der Waals surface area contributed by atoms with Gasteiger partial charge in [-0.05, 0) is 39.7 Å². The largest absolute Gasteiger partial charge is 0.489 e. The quantitative estimate of drug-likeness (QED) is 0.742. The van der Waals surface area contributed by atoms with E-state index in [9.17, 15) is 0 Å². The Labute approximate surface area is 133 Å². The molecule has 0 fully saturated rings. The summed E-state index contributed by atoms with van der Waals surface area (Å²) < 4.78 is 11.7. The Balaban J connectivity index is 1.79. The van der Waals surface area contributed by atoms with Crippen LogP contribution in [0.15, 0.2) is 47.2 Å². The molecule has 112 valence electrons. The van der Waals surface area contributed by atoms with Crippen LogP contribution < -0.4 is 10.1 Å². The summed E-state index contributed by atoms with van der Waals surface area (Å²) in [5.74, 6) is 0.857. The molecule has 0 spiro atoms. The molecular formula is C16H19BrN2O2. The third-order valence-electron chi connectivity index (χ3n) is 2.90. The Morgan fingerprint density at radius 1 is 1.14 bits per heavy atom. The zero-order valence-electron chi connectivity index (χ0n) is 12.0. The molecule has 5 heteroatoms. The number of aromatic nitrogens is 1. The highest BCUT2D eigenvalue weighted by Gasteiger charge is 1.99. The van der Waals surface area contributed by atoms with E-state index in [-0.39, 0.29) is 0 Å². The summed E-state index contributed by atoms with van der Waals surface area (Å²) >= 11 is 3.40. The van der Waals surface area contributed by atoms with Crippen molar-refractivity contribution in [2.45, 2.75) is 13.2 Å². The molecule has 0 aliphatic rings. The Hall–Kier alpha value is -1.43. The lowest BCUT2D eigenvalue weighted by atomic mass is 10.2. The van der Waals surface area contributed by atoms with E-state index in [0.717, 1.165) is 35.5 Å². The summed E-state index contributed by atoms with van der Waals surface area (Å²) in [5, 5.41) is 3.31. The third kappa shape index (κ3) is 5.83. The maximum atomic E-state index is 5.74. The molecule has 21 heavy (non-hydrogen) atoms. The zero-order chi connectivity index (χ0) is 14.9. The van der Waals surface area contributed by atoms with Gasteiger partial charge in [-0.15, -0.1) is 0 Å². The van der Waals surface area contributed by atoms with Crippen LogP contribution in [0.4, 0.5) is 0 Å². The normalized spacial score (nSPS) is 10.6. The molecule has 0 bridgehead atoms. The highest BCUT2D eigenvalue weighted by molar-refractivity contribution is 9.10. The van der Waals surface area contributed by atoms with Gasteiger partial charge in [0.05, 0.1) is 6.61 Å². The van der Waals surface area contributed by atoms with Gasteiger partial charge in [-0.3, -0.25) is 4.98 Å². The standard InChI is InChI=1S/C16H19BrN2O2/c1-20-7-6-18-9-13-2-4-16(5-3-13)21-12-14-8-15(17)11-19-10-14/h2-5,8,10-11,18H,6-7,9,12H2,1H3. The van der Waals surface area contributed by atoms with Crippen molar-refractivity contribution in [1.29, 1.82) is 0 Å². The molecule has 0 atom stereocenters. The van der Waals surface area contributed by atoms with Gasteiger partial charge in [0.1, 0.15) is 12.4 Å². The van der Waals surface area contributed by atoms with Gasteiger partial charge in [-0.2, -0.15) is 0 Å². The first-order valence-corrected chi connectivity index (χ1v) is 7.58. The molecule has 0 amide bonds. The van der Waals surface area contributed by atoms with Crippen LogP contribution in [0, 0.1) is 0 Å². The average molecular weight is 351 g/mol. The van der Waals surface area contributed by atoms with E-state index in [1.165, 1.54) is 5.56 Å². The maximum Gasteiger partial charge on any atom is 0.119 e. The van der Waals surface area contributed by atoms with Crippen LogP contribution in [0.25, 0.3) is 0 Å². The first-order valence-electron chi connectivity index (χ1n) is 6.79. The fraction of sp³-hybridized carbons (Fsp3) is 0.312. The molecule has 0 saturated heterocycles. The number of hydrogen-bond acceptors (Lipinski definition) is 4. The molecule has 1 aromatic carbocycles. The van der Waals surface area contributed by atoms with Crippen molar-refractivity contribution < 1.29 is 9.47 Å². The van der Waals surface area contributed by atoms with Crippen LogP contribution in [-0.2, 0) is 17.9 Å². The van der Waals surface area contributed by atoms with E-state index < -0.39 is 0 Å². The number of ether oxygens (including phenoxy) is 2. The minimum absolute atomic E-state index is 0.512. The Kier molecular flexibility index (Phi) is 6.66. The zero-order valence-corrected chi connectivity index (χ0v) is 13.6. The Bertz CT molecular complexity index is 546. The van der Waals surface area contributed by atoms with E-state index in [4.69, 9.17) is 9.47 Å². The van der Waals surface area contributed by atoms with Crippen LogP contribution in [0.1, 0.15) is 11.1 Å². The van der Waals surface area contributed by atoms with Gasteiger partial charge in [-0.1, -0.05) is 12.1 Å². The monoisotopic (exact) mass is 350 g/mol. The van der Waals surface area contributed by atoms with Crippen LogP contribution in [0.3, 0.4) is 0 Å². The van der Waals surface area contributed by atoms with Crippen molar-refractivity contribution in [3.8, 4) is 5.75 Å². The van der Waals surface area contributed by atoms with E-state index in [2.05, 4.69) is 38.4 Å². The fourth-order valence-electron chi connectivity index (χ4n) is 1.81. The molecule has 0 unspecified atom stereocenters. The molecule has 1 N–H and O–H groups in total. The predicted octanol–water partition coefficient (Wildman–Crippen LogP) is 3.16. The molecule has 0 saturated carbocycles. The van der Waals surface area contributed by atoms with Crippen molar-refractivity contribution >= 4 is 15.9 Å². The van der Waals surface area contributed by atoms with Crippen LogP contribution in [0.2, 0.25) is 0 Å². The summed E-state index contributed by atoms with van der Waals surface area (Å²) in [6.07, 6.45) is 3.56. The molecule has 2 rings (SSSR count). The topological polar surface area (TPSA) is 43.4 Å². The number of rotatable bonds is 8. The Morgan fingerprint density at radius 3 is 2.67 bits per heavy atom. The molecule has 1 heterocycles. The van der Waals surface area contributed by atoms with Gasteiger partial charge in [-0.25, -0.2) is 0 Å². The first kappa shape index (κ1) is 15.9.